The Labute approximate surface area is 108 Å². The van der Waals surface area contributed by atoms with E-state index in [0.29, 0.717) is 11.8 Å². The van der Waals surface area contributed by atoms with Crippen molar-refractivity contribution in [2.24, 2.45) is 0 Å². The van der Waals surface area contributed by atoms with Gasteiger partial charge in [-0.25, -0.2) is 0 Å². The van der Waals surface area contributed by atoms with E-state index in [-0.39, 0.29) is 0 Å². The molecule has 3 aromatic heterocycles. The summed E-state index contributed by atoms with van der Waals surface area (Å²) in [5, 5.41) is 14.4. The number of nitrogens with zero attached hydrogens (tertiary/aromatic N) is 4. The highest BCUT2D eigenvalue weighted by Gasteiger charge is 2.15. The molecule has 0 aromatic carbocycles. The topological polar surface area (TPSA) is 56.7 Å². The molecule has 92 valence electrons. The normalized spacial score (nSPS) is 11.0. The maximum atomic E-state index is 5.69. The van der Waals surface area contributed by atoms with E-state index in [0.717, 1.165) is 22.7 Å². The van der Waals surface area contributed by atoms with E-state index in [1.54, 1.807) is 17.5 Å². The largest absolute Gasteiger partial charge is 0.415 e. The van der Waals surface area contributed by atoms with Crippen molar-refractivity contribution >= 4 is 11.3 Å². The van der Waals surface area contributed by atoms with Crippen molar-refractivity contribution in [2.45, 2.75) is 20.4 Å². The zero-order chi connectivity index (χ0) is 12.5. The quantitative estimate of drug-likeness (QED) is 0.726. The molecule has 0 N–H and O–H groups in total. The summed E-state index contributed by atoms with van der Waals surface area (Å²) in [4.78, 5) is 0.981. The summed E-state index contributed by atoms with van der Waals surface area (Å²) in [5.41, 5.74) is 1.94. The fourth-order valence-corrected chi connectivity index (χ4v) is 2.45. The fraction of sp³-hybridized carbons (Fsp3) is 0.250. The van der Waals surface area contributed by atoms with Gasteiger partial charge in [-0.05, 0) is 25.3 Å². The zero-order valence-corrected chi connectivity index (χ0v) is 10.9. The lowest BCUT2D eigenvalue weighted by molar-refractivity contribution is 0.584. The molecule has 0 spiro atoms. The first-order valence-corrected chi connectivity index (χ1v) is 6.57. The van der Waals surface area contributed by atoms with Crippen molar-refractivity contribution < 1.29 is 4.42 Å². The first kappa shape index (κ1) is 11.2. The molecule has 5 nitrogen and oxygen atoms in total. The molecule has 3 aromatic rings. The van der Waals surface area contributed by atoms with Crippen LogP contribution < -0.4 is 0 Å². The Hall–Kier alpha value is -1.95. The Morgan fingerprint density at radius 1 is 1.33 bits per heavy atom. The Morgan fingerprint density at radius 3 is 2.83 bits per heavy atom. The fourth-order valence-electron chi connectivity index (χ4n) is 1.81. The van der Waals surface area contributed by atoms with Crippen LogP contribution in [0.3, 0.4) is 0 Å². The highest BCUT2D eigenvalue weighted by molar-refractivity contribution is 7.13. The first-order chi connectivity index (χ1) is 8.79. The molecule has 0 saturated carbocycles. The molecule has 0 radical (unpaired) electrons. The lowest BCUT2D eigenvalue weighted by Crippen LogP contribution is -1.98. The van der Waals surface area contributed by atoms with Gasteiger partial charge in [0, 0.05) is 12.2 Å². The third-order valence-electron chi connectivity index (χ3n) is 2.79. The van der Waals surface area contributed by atoms with Crippen LogP contribution >= 0.6 is 11.3 Å². The monoisotopic (exact) mass is 260 g/mol. The van der Waals surface area contributed by atoms with Gasteiger partial charge in [0.25, 0.3) is 11.8 Å². The first-order valence-electron chi connectivity index (χ1n) is 5.69. The lowest BCUT2D eigenvalue weighted by Gasteiger charge is -1.98. The van der Waals surface area contributed by atoms with E-state index < -0.39 is 0 Å². The van der Waals surface area contributed by atoms with E-state index in [1.807, 2.05) is 29.1 Å². The smallest absolute Gasteiger partial charge is 0.258 e. The van der Waals surface area contributed by atoms with Crippen LogP contribution in [0.2, 0.25) is 0 Å². The van der Waals surface area contributed by atoms with E-state index >= 15 is 0 Å². The molecule has 0 unspecified atom stereocenters. The standard InChI is InChI=1S/C12H12N4OS/c1-3-16-8(2)9(7-13-16)11-14-15-12(17-11)10-5-4-6-18-10/h4-7H,3H2,1-2H3. The Balaban J connectivity index is 2.00. The zero-order valence-electron chi connectivity index (χ0n) is 10.1. The summed E-state index contributed by atoms with van der Waals surface area (Å²) >= 11 is 1.58. The molecule has 3 heterocycles. The molecule has 0 fully saturated rings. The summed E-state index contributed by atoms with van der Waals surface area (Å²) in [6.45, 7) is 4.88. The Kier molecular flexibility index (Phi) is 2.71. The molecule has 0 atom stereocenters. The summed E-state index contributed by atoms with van der Waals surface area (Å²) in [5.74, 6) is 1.08. The number of thiophene rings is 1. The second kappa shape index (κ2) is 4.38. The van der Waals surface area contributed by atoms with E-state index in [4.69, 9.17) is 4.42 Å². The van der Waals surface area contributed by atoms with Crippen molar-refractivity contribution in [3.8, 4) is 22.2 Å². The SMILES string of the molecule is CCn1ncc(-c2nnc(-c3cccs3)o2)c1C. The molecule has 0 aliphatic rings. The minimum atomic E-state index is 0.524. The van der Waals surface area contributed by atoms with Gasteiger partial charge in [0.05, 0.1) is 16.6 Å². The van der Waals surface area contributed by atoms with Gasteiger partial charge in [0.1, 0.15) is 0 Å². The maximum absolute atomic E-state index is 5.69. The van der Waals surface area contributed by atoms with Crippen molar-refractivity contribution in [1.82, 2.24) is 20.0 Å². The van der Waals surface area contributed by atoms with Crippen molar-refractivity contribution in [1.29, 1.82) is 0 Å². The Bertz CT molecular complexity index is 653. The average molecular weight is 260 g/mol. The van der Waals surface area contributed by atoms with Crippen molar-refractivity contribution in [3.05, 3.63) is 29.4 Å². The molecule has 3 rings (SSSR count). The number of rotatable bonds is 3. The van der Waals surface area contributed by atoms with E-state index in [2.05, 4.69) is 22.2 Å². The van der Waals surface area contributed by atoms with Gasteiger partial charge in [-0.15, -0.1) is 21.5 Å². The minimum absolute atomic E-state index is 0.524. The van der Waals surface area contributed by atoms with Crippen LogP contribution in [0.25, 0.3) is 22.2 Å². The van der Waals surface area contributed by atoms with E-state index in [9.17, 15) is 0 Å². The predicted octanol–water partition coefficient (Wildman–Crippen LogP) is 2.99. The number of hydrogen-bond acceptors (Lipinski definition) is 5. The minimum Gasteiger partial charge on any atom is -0.415 e. The molecular formula is C12H12N4OS. The predicted molar refractivity (Wildman–Crippen MR) is 69.2 cm³/mol. The summed E-state index contributed by atoms with van der Waals surface area (Å²) < 4.78 is 7.59. The summed E-state index contributed by atoms with van der Waals surface area (Å²) in [6.07, 6.45) is 1.77. The van der Waals surface area contributed by atoms with Crippen LogP contribution in [0.4, 0.5) is 0 Å². The average Bonchev–Trinajstić information content (AvgIpc) is 3.08. The summed E-state index contributed by atoms with van der Waals surface area (Å²) in [7, 11) is 0. The van der Waals surface area contributed by atoms with Crippen molar-refractivity contribution in [2.75, 3.05) is 0 Å². The molecular weight excluding hydrogens is 248 g/mol. The highest BCUT2D eigenvalue weighted by Crippen LogP contribution is 2.28. The van der Waals surface area contributed by atoms with Gasteiger partial charge in [0.15, 0.2) is 0 Å². The maximum Gasteiger partial charge on any atom is 0.258 e. The number of hydrogen-bond donors (Lipinski definition) is 0. The molecule has 18 heavy (non-hydrogen) atoms. The van der Waals surface area contributed by atoms with Crippen LogP contribution in [0, 0.1) is 6.92 Å². The van der Waals surface area contributed by atoms with Crippen LogP contribution in [-0.2, 0) is 6.54 Å². The van der Waals surface area contributed by atoms with Gasteiger partial charge in [-0.1, -0.05) is 6.07 Å². The number of aryl methyl sites for hydroxylation is 1. The van der Waals surface area contributed by atoms with Gasteiger partial charge in [-0.2, -0.15) is 5.10 Å². The van der Waals surface area contributed by atoms with Gasteiger partial charge >= 0.3 is 0 Å². The van der Waals surface area contributed by atoms with Crippen LogP contribution in [0.1, 0.15) is 12.6 Å². The molecule has 0 amide bonds. The highest BCUT2D eigenvalue weighted by atomic mass is 32.1. The van der Waals surface area contributed by atoms with Crippen molar-refractivity contribution in [3.63, 3.8) is 0 Å². The van der Waals surface area contributed by atoms with Crippen LogP contribution in [-0.4, -0.2) is 20.0 Å². The molecule has 0 aliphatic carbocycles. The van der Waals surface area contributed by atoms with Gasteiger partial charge in [-0.3, -0.25) is 4.68 Å². The summed E-state index contributed by atoms with van der Waals surface area (Å²) in [6, 6.07) is 3.93. The molecule has 0 bridgehead atoms. The third-order valence-corrected chi connectivity index (χ3v) is 3.65. The molecule has 0 aliphatic heterocycles. The number of aromatic nitrogens is 4. The lowest BCUT2D eigenvalue weighted by atomic mass is 10.2. The van der Waals surface area contributed by atoms with Crippen LogP contribution in [0.15, 0.2) is 28.1 Å². The molecule has 0 saturated heterocycles. The Morgan fingerprint density at radius 2 is 2.17 bits per heavy atom. The van der Waals surface area contributed by atoms with Crippen LogP contribution in [0.5, 0.6) is 0 Å². The van der Waals surface area contributed by atoms with Gasteiger partial charge < -0.3 is 4.42 Å². The van der Waals surface area contributed by atoms with E-state index in [1.165, 1.54) is 0 Å². The second-order valence-corrected chi connectivity index (χ2v) is 4.80. The van der Waals surface area contributed by atoms with Gasteiger partial charge in [0.2, 0.25) is 0 Å². The second-order valence-electron chi connectivity index (χ2n) is 3.85. The third kappa shape index (κ3) is 1.74. The molecule has 6 heteroatoms.